The van der Waals surface area contributed by atoms with Crippen molar-refractivity contribution in [1.82, 2.24) is 5.32 Å². The van der Waals surface area contributed by atoms with E-state index in [1.165, 1.54) is 18.4 Å². The molecule has 19 heavy (non-hydrogen) atoms. The van der Waals surface area contributed by atoms with Gasteiger partial charge in [0.2, 0.25) is 0 Å². The van der Waals surface area contributed by atoms with Gasteiger partial charge in [0.25, 0.3) is 0 Å². The smallest absolute Gasteiger partial charge is 0.0905 e. The van der Waals surface area contributed by atoms with E-state index in [0.29, 0.717) is 0 Å². The fraction of sp³-hybridized carbons (Fsp3) is 0.625. The summed E-state index contributed by atoms with van der Waals surface area (Å²) in [5, 5.41) is 4.20. The van der Waals surface area contributed by atoms with Gasteiger partial charge >= 0.3 is 0 Å². The van der Waals surface area contributed by atoms with Gasteiger partial charge in [0, 0.05) is 11.6 Å². The van der Waals surface area contributed by atoms with E-state index in [1.807, 2.05) is 12.1 Å². The zero-order valence-electron chi connectivity index (χ0n) is 11.9. The minimum atomic E-state index is -0.193. The van der Waals surface area contributed by atoms with E-state index in [4.69, 9.17) is 16.3 Å². The highest BCUT2D eigenvalue weighted by Gasteiger charge is 2.31. The SMILES string of the molecule is CCO[C@](C)(CC1CCNCC1)c1ccc(Cl)cc1. The lowest BCUT2D eigenvalue weighted by Gasteiger charge is -2.35. The Bertz CT molecular complexity index is 386. The molecule has 1 aromatic rings. The van der Waals surface area contributed by atoms with Crippen LogP contribution in [-0.4, -0.2) is 19.7 Å². The van der Waals surface area contributed by atoms with Crippen molar-refractivity contribution in [3.8, 4) is 0 Å². The highest BCUT2D eigenvalue weighted by atomic mass is 35.5. The number of piperidine rings is 1. The van der Waals surface area contributed by atoms with Crippen LogP contribution in [0, 0.1) is 5.92 Å². The molecule has 1 atom stereocenters. The standard InChI is InChI=1S/C16H24ClNO/c1-3-19-16(2,12-13-8-10-18-11-9-13)14-4-6-15(17)7-5-14/h4-7,13,18H,3,8-12H2,1-2H3/t16-/m1/s1. The molecule has 2 nitrogen and oxygen atoms in total. The Morgan fingerprint density at radius 1 is 1.26 bits per heavy atom. The van der Waals surface area contributed by atoms with Gasteiger partial charge in [0.05, 0.1) is 5.60 Å². The summed E-state index contributed by atoms with van der Waals surface area (Å²) in [6.45, 7) is 7.28. The fourth-order valence-corrected chi connectivity index (χ4v) is 3.14. The van der Waals surface area contributed by atoms with Gasteiger partial charge in [-0.2, -0.15) is 0 Å². The molecule has 0 aromatic heterocycles. The molecule has 3 heteroatoms. The molecule has 0 saturated carbocycles. The number of hydrogen-bond acceptors (Lipinski definition) is 2. The maximum Gasteiger partial charge on any atom is 0.0905 e. The third-order valence-corrected chi connectivity index (χ3v) is 4.31. The van der Waals surface area contributed by atoms with Gasteiger partial charge in [0.15, 0.2) is 0 Å². The number of hydrogen-bond donors (Lipinski definition) is 1. The van der Waals surface area contributed by atoms with Crippen molar-refractivity contribution in [3.05, 3.63) is 34.9 Å². The van der Waals surface area contributed by atoms with Crippen molar-refractivity contribution < 1.29 is 4.74 Å². The Morgan fingerprint density at radius 2 is 1.89 bits per heavy atom. The molecule has 1 saturated heterocycles. The third-order valence-electron chi connectivity index (χ3n) is 4.05. The van der Waals surface area contributed by atoms with Gasteiger partial charge in [0.1, 0.15) is 0 Å². The van der Waals surface area contributed by atoms with Crippen LogP contribution in [0.3, 0.4) is 0 Å². The monoisotopic (exact) mass is 281 g/mol. The van der Waals surface area contributed by atoms with Crippen LogP contribution in [0.25, 0.3) is 0 Å². The average molecular weight is 282 g/mol. The molecule has 0 spiro atoms. The molecular formula is C16H24ClNO. The Morgan fingerprint density at radius 3 is 2.47 bits per heavy atom. The van der Waals surface area contributed by atoms with Crippen molar-refractivity contribution in [3.63, 3.8) is 0 Å². The van der Waals surface area contributed by atoms with Crippen molar-refractivity contribution in [2.24, 2.45) is 5.92 Å². The van der Waals surface area contributed by atoms with Crippen LogP contribution < -0.4 is 5.32 Å². The van der Waals surface area contributed by atoms with E-state index in [9.17, 15) is 0 Å². The first-order valence-electron chi connectivity index (χ1n) is 7.25. The summed E-state index contributed by atoms with van der Waals surface area (Å²) in [7, 11) is 0. The molecule has 1 fully saturated rings. The molecule has 1 heterocycles. The number of benzene rings is 1. The number of rotatable bonds is 5. The van der Waals surface area contributed by atoms with Crippen molar-refractivity contribution in [2.75, 3.05) is 19.7 Å². The largest absolute Gasteiger partial charge is 0.371 e. The van der Waals surface area contributed by atoms with Crippen molar-refractivity contribution in [2.45, 2.75) is 38.7 Å². The zero-order chi connectivity index (χ0) is 13.7. The molecule has 1 N–H and O–H groups in total. The van der Waals surface area contributed by atoms with Crippen molar-refractivity contribution in [1.29, 1.82) is 0 Å². The number of halogens is 1. The second-order valence-electron chi connectivity index (χ2n) is 5.57. The number of nitrogens with one attached hydrogen (secondary N) is 1. The van der Waals surface area contributed by atoms with Crippen LogP contribution >= 0.6 is 11.6 Å². The molecule has 0 amide bonds. The molecule has 1 aliphatic heterocycles. The quantitative estimate of drug-likeness (QED) is 0.881. The second-order valence-corrected chi connectivity index (χ2v) is 6.00. The predicted molar refractivity (Wildman–Crippen MR) is 80.6 cm³/mol. The Hall–Kier alpha value is -0.570. The van der Waals surface area contributed by atoms with Gasteiger partial charge in [-0.15, -0.1) is 0 Å². The van der Waals surface area contributed by atoms with Gasteiger partial charge in [-0.1, -0.05) is 23.7 Å². The van der Waals surface area contributed by atoms with E-state index < -0.39 is 0 Å². The Balaban J connectivity index is 2.13. The predicted octanol–water partition coefficient (Wildman–Crippen LogP) is 3.98. The first-order chi connectivity index (χ1) is 9.14. The summed E-state index contributed by atoms with van der Waals surface area (Å²) >= 11 is 5.98. The van der Waals surface area contributed by atoms with E-state index in [-0.39, 0.29) is 5.60 Å². The molecule has 1 aromatic carbocycles. The maximum absolute atomic E-state index is 6.09. The van der Waals surface area contributed by atoms with Crippen LogP contribution in [0.5, 0.6) is 0 Å². The van der Waals surface area contributed by atoms with E-state index >= 15 is 0 Å². The molecule has 1 aliphatic rings. The minimum Gasteiger partial charge on any atom is -0.371 e. The first-order valence-corrected chi connectivity index (χ1v) is 7.62. The summed E-state index contributed by atoms with van der Waals surface area (Å²) < 4.78 is 6.09. The second kappa shape index (κ2) is 6.74. The lowest BCUT2D eigenvalue weighted by Crippen LogP contribution is -2.34. The summed E-state index contributed by atoms with van der Waals surface area (Å²) in [4.78, 5) is 0. The first kappa shape index (κ1) is 14.8. The minimum absolute atomic E-state index is 0.193. The van der Waals surface area contributed by atoms with Crippen LogP contribution in [-0.2, 0) is 10.3 Å². The van der Waals surface area contributed by atoms with Gasteiger partial charge in [-0.25, -0.2) is 0 Å². The maximum atomic E-state index is 6.09. The summed E-state index contributed by atoms with van der Waals surface area (Å²) in [5.74, 6) is 0.744. The fourth-order valence-electron chi connectivity index (χ4n) is 3.02. The molecule has 0 bridgehead atoms. The third kappa shape index (κ3) is 3.95. The molecule has 0 aliphatic carbocycles. The van der Waals surface area contributed by atoms with Gasteiger partial charge < -0.3 is 10.1 Å². The van der Waals surface area contributed by atoms with Gasteiger partial charge in [-0.05, 0) is 69.8 Å². The molecule has 0 radical (unpaired) electrons. The summed E-state index contributed by atoms with van der Waals surface area (Å²) in [6.07, 6.45) is 3.58. The zero-order valence-corrected chi connectivity index (χ0v) is 12.7. The number of ether oxygens (including phenoxy) is 1. The topological polar surface area (TPSA) is 21.3 Å². The Kier molecular flexibility index (Phi) is 5.26. The highest BCUT2D eigenvalue weighted by molar-refractivity contribution is 6.30. The van der Waals surface area contributed by atoms with E-state index in [0.717, 1.165) is 37.1 Å². The van der Waals surface area contributed by atoms with E-state index in [1.54, 1.807) is 0 Å². The summed E-state index contributed by atoms with van der Waals surface area (Å²) in [5.41, 5.74) is 1.04. The van der Waals surface area contributed by atoms with Crippen LogP contribution in [0.2, 0.25) is 5.02 Å². The highest BCUT2D eigenvalue weighted by Crippen LogP contribution is 2.35. The van der Waals surface area contributed by atoms with Crippen LogP contribution in [0.4, 0.5) is 0 Å². The normalized spacial score (nSPS) is 20.2. The average Bonchev–Trinajstić information content (AvgIpc) is 2.40. The molecule has 106 valence electrons. The van der Waals surface area contributed by atoms with E-state index in [2.05, 4.69) is 31.3 Å². The Labute approximate surface area is 121 Å². The molecule has 2 rings (SSSR count). The lowest BCUT2D eigenvalue weighted by molar-refractivity contribution is -0.0495. The van der Waals surface area contributed by atoms with Crippen LogP contribution in [0.1, 0.15) is 38.7 Å². The summed E-state index contributed by atoms with van der Waals surface area (Å²) in [6, 6.07) is 8.10. The van der Waals surface area contributed by atoms with Crippen LogP contribution in [0.15, 0.2) is 24.3 Å². The lowest BCUT2D eigenvalue weighted by atomic mass is 9.82. The molecule has 0 unspecified atom stereocenters. The van der Waals surface area contributed by atoms with Gasteiger partial charge in [-0.3, -0.25) is 0 Å². The van der Waals surface area contributed by atoms with Crippen molar-refractivity contribution >= 4 is 11.6 Å². The molecular weight excluding hydrogens is 258 g/mol.